The zero-order valence-corrected chi connectivity index (χ0v) is 15.0. The van der Waals surface area contributed by atoms with Crippen LogP contribution in [0, 0.1) is 0 Å². The van der Waals surface area contributed by atoms with E-state index in [1.54, 1.807) is 30.3 Å². The summed E-state index contributed by atoms with van der Waals surface area (Å²) in [6.45, 7) is 0.581. The molecule has 0 unspecified atom stereocenters. The molecule has 6 heteroatoms. The second-order valence-electron chi connectivity index (χ2n) is 6.73. The zero-order chi connectivity index (χ0) is 19.6. The Morgan fingerprint density at radius 2 is 1.67 bits per heavy atom. The van der Waals surface area contributed by atoms with Crippen molar-refractivity contribution in [3.05, 3.63) is 65.9 Å². The summed E-state index contributed by atoms with van der Waals surface area (Å²) in [5, 5.41) is 9.79. The van der Waals surface area contributed by atoms with Gasteiger partial charge in [-0.15, -0.1) is 0 Å². The highest BCUT2D eigenvalue weighted by Gasteiger charge is 2.27. The van der Waals surface area contributed by atoms with Crippen molar-refractivity contribution in [1.82, 2.24) is 4.90 Å². The third kappa shape index (κ3) is 4.92. The van der Waals surface area contributed by atoms with Crippen molar-refractivity contribution in [2.75, 3.05) is 14.1 Å². The van der Waals surface area contributed by atoms with Gasteiger partial charge in [-0.2, -0.15) is 13.2 Å². The lowest BCUT2D eigenvalue weighted by Crippen LogP contribution is -2.11. The average Bonchev–Trinajstić information content (AvgIpc) is 2.97. The highest BCUT2D eigenvalue weighted by Crippen LogP contribution is 2.37. The predicted molar refractivity (Wildman–Crippen MR) is 98.4 cm³/mol. The molecule has 3 aromatic rings. The molecule has 0 amide bonds. The first kappa shape index (κ1) is 19.0. The molecule has 0 spiro atoms. The van der Waals surface area contributed by atoms with E-state index in [2.05, 4.69) is 0 Å². The molecule has 0 saturated heterocycles. The van der Waals surface area contributed by atoms with Crippen LogP contribution in [0.3, 0.4) is 0 Å². The minimum atomic E-state index is -4.24. The fraction of sp³-hybridized carbons (Fsp3) is 0.238. The number of furan rings is 1. The number of benzene rings is 2. The predicted octanol–water partition coefficient (Wildman–Crippen LogP) is 5.49. The van der Waals surface area contributed by atoms with Gasteiger partial charge in [0.1, 0.15) is 17.3 Å². The van der Waals surface area contributed by atoms with Gasteiger partial charge in [0.15, 0.2) is 0 Å². The van der Waals surface area contributed by atoms with Gasteiger partial charge in [0.2, 0.25) is 0 Å². The molecule has 0 atom stereocenters. The third-order valence-corrected chi connectivity index (χ3v) is 4.03. The molecule has 1 aromatic heterocycles. The first-order valence-corrected chi connectivity index (χ1v) is 8.44. The summed E-state index contributed by atoms with van der Waals surface area (Å²) in [5.74, 6) is 1.43. The molecule has 0 saturated carbocycles. The Hall–Kier alpha value is -2.73. The fourth-order valence-electron chi connectivity index (χ4n) is 2.94. The summed E-state index contributed by atoms with van der Waals surface area (Å²) < 4.78 is 43.7. The Morgan fingerprint density at radius 3 is 2.26 bits per heavy atom. The molecular formula is C21H20F3NO2. The molecule has 0 aliphatic heterocycles. The smallest absolute Gasteiger partial charge is 0.393 e. The summed E-state index contributed by atoms with van der Waals surface area (Å²) >= 11 is 0. The quantitative estimate of drug-likeness (QED) is 0.641. The molecule has 1 heterocycles. The van der Waals surface area contributed by atoms with Gasteiger partial charge in [-0.05, 0) is 43.4 Å². The van der Waals surface area contributed by atoms with Crippen molar-refractivity contribution in [3.8, 4) is 28.2 Å². The van der Waals surface area contributed by atoms with Gasteiger partial charge in [0.25, 0.3) is 0 Å². The Bertz CT molecular complexity index is 912. The van der Waals surface area contributed by atoms with Crippen LogP contribution in [0.5, 0.6) is 5.75 Å². The van der Waals surface area contributed by atoms with Gasteiger partial charge in [0.05, 0.1) is 13.0 Å². The highest BCUT2D eigenvalue weighted by molar-refractivity contribution is 5.81. The van der Waals surface area contributed by atoms with Crippen LogP contribution in [0.4, 0.5) is 13.2 Å². The maximum atomic E-state index is 12.6. The van der Waals surface area contributed by atoms with Gasteiger partial charge in [-0.1, -0.05) is 36.4 Å². The van der Waals surface area contributed by atoms with E-state index in [0.29, 0.717) is 17.9 Å². The maximum absolute atomic E-state index is 12.6. The summed E-state index contributed by atoms with van der Waals surface area (Å²) in [7, 11) is 3.84. The number of phenols is 1. The number of alkyl halides is 3. The van der Waals surface area contributed by atoms with E-state index in [-0.39, 0.29) is 11.3 Å². The van der Waals surface area contributed by atoms with Crippen molar-refractivity contribution < 1.29 is 22.7 Å². The molecule has 0 fully saturated rings. The molecular weight excluding hydrogens is 355 g/mol. The number of hydrogen-bond donors (Lipinski definition) is 1. The third-order valence-electron chi connectivity index (χ3n) is 4.03. The number of phenolic OH excluding ortho intramolecular Hbond substituents is 1. The second kappa shape index (κ2) is 7.48. The standard InChI is InChI=1S/C21H20F3NO2/c1-25(2)13-18-11-19(16-4-3-5-17(26)10-16)20(27-18)15-8-6-14(7-9-15)12-21(22,23)24/h3-11,26H,12-13H2,1-2H3. The Kier molecular flexibility index (Phi) is 5.28. The van der Waals surface area contributed by atoms with Crippen LogP contribution in [-0.2, 0) is 13.0 Å². The Balaban J connectivity index is 2.01. The van der Waals surface area contributed by atoms with Crippen LogP contribution in [0.15, 0.2) is 59.0 Å². The van der Waals surface area contributed by atoms with Gasteiger partial charge in [0, 0.05) is 11.1 Å². The number of hydrogen-bond acceptors (Lipinski definition) is 3. The Labute approximate surface area is 155 Å². The van der Waals surface area contributed by atoms with Crippen LogP contribution in [0.25, 0.3) is 22.5 Å². The first-order chi connectivity index (χ1) is 12.7. The molecule has 3 rings (SSSR count). The van der Waals surface area contributed by atoms with E-state index in [0.717, 1.165) is 16.9 Å². The average molecular weight is 375 g/mol. The van der Waals surface area contributed by atoms with Gasteiger partial charge in [-0.3, -0.25) is 0 Å². The summed E-state index contributed by atoms with van der Waals surface area (Å²) in [6, 6.07) is 14.9. The van der Waals surface area contributed by atoms with E-state index in [9.17, 15) is 18.3 Å². The van der Waals surface area contributed by atoms with Crippen molar-refractivity contribution in [1.29, 1.82) is 0 Å². The van der Waals surface area contributed by atoms with E-state index in [4.69, 9.17) is 4.42 Å². The number of halogens is 3. The largest absolute Gasteiger partial charge is 0.508 e. The van der Waals surface area contributed by atoms with E-state index in [1.807, 2.05) is 31.1 Å². The van der Waals surface area contributed by atoms with Crippen molar-refractivity contribution in [3.63, 3.8) is 0 Å². The van der Waals surface area contributed by atoms with Crippen LogP contribution in [0.1, 0.15) is 11.3 Å². The number of nitrogens with zero attached hydrogens (tertiary/aromatic N) is 1. The molecule has 3 nitrogen and oxygen atoms in total. The lowest BCUT2D eigenvalue weighted by atomic mass is 10.0. The zero-order valence-electron chi connectivity index (χ0n) is 15.0. The van der Waals surface area contributed by atoms with Crippen LogP contribution in [0.2, 0.25) is 0 Å². The first-order valence-electron chi connectivity index (χ1n) is 8.44. The lowest BCUT2D eigenvalue weighted by Gasteiger charge is -2.08. The molecule has 142 valence electrons. The fourth-order valence-corrected chi connectivity index (χ4v) is 2.94. The number of aromatic hydroxyl groups is 1. The van der Waals surface area contributed by atoms with Crippen molar-refractivity contribution in [2.45, 2.75) is 19.1 Å². The molecule has 0 bridgehead atoms. The van der Waals surface area contributed by atoms with Crippen molar-refractivity contribution in [2.24, 2.45) is 0 Å². The molecule has 0 aliphatic rings. The van der Waals surface area contributed by atoms with Crippen molar-refractivity contribution >= 4 is 0 Å². The van der Waals surface area contributed by atoms with Gasteiger partial charge >= 0.3 is 6.18 Å². The minimum Gasteiger partial charge on any atom is -0.508 e. The molecule has 0 aliphatic carbocycles. The lowest BCUT2D eigenvalue weighted by molar-refractivity contribution is -0.127. The van der Waals surface area contributed by atoms with Crippen LogP contribution < -0.4 is 0 Å². The molecule has 2 aromatic carbocycles. The van der Waals surface area contributed by atoms with E-state index in [1.165, 1.54) is 12.1 Å². The summed E-state index contributed by atoms with van der Waals surface area (Å²) in [6.07, 6.45) is -5.20. The minimum absolute atomic E-state index is 0.134. The molecule has 1 N–H and O–H groups in total. The monoisotopic (exact) mass is 375 g/mol. The highest BCUT2D eigenvalue weighted by atomic mass is 19.4. The molecule has 27 heavy (non-hydrogen) atoms. The second-order valence-corrected chi connectivity index (χ2v) is 6.73. The Morgan fingerprint density at radius 1 is 0.963 bits per heavy atom. The van der Waals surface area contributed by atoms with Gasteiger partial charge < -0.3 is 14.4 Å². The summed E-state index contributed by atoms with van der Waals surface area (Å²) in [4.78, 5) is 1.96. The van der Waals surface area contributed by atoms with Crippen LogP contribution in [-0.4, -0.2) is 30.3 Å². The summed E-state index contributed by atoms with van der Waals surface area (Å²) in [5.41, 5.74) is 2.44. The topological polar surface area (TPSA) is 36.6 Å². The normalized spacial score (nSPS) is 11.9. The maximum Gasteiger partial charge on any atom is 0.393 e. The molecule has 0 radical (unpaired) electrons. The van der Waals surface area contributed by atoms with Gasteiger partial charge in [-0.25, -0.2) is 0 Å². The van der Waals surface area contributed by atoms with E-state index < -0.39 is 12.6 Å². The van der Waals surface area contributed by atoms with E-state index >= 15 is 0 Å². The SMILES string of the molecule is CN(C)Cc1cc(-c2cccc(O)c2)c(-c2ccc(CC(F)(F)F)cc2)o1. The van der Waals surface area contributed by atoms with Crippen LogP contribution >= 0.6 is 0 Å². The number of rotatable bonds is 5.